The highest BCUT2D eigenvalue weighted by atomic mass is 32.2. The van der Waals surface area contributed by atoms with Gasteiger partial charge in [-0.05, 0) is 54.8 Å². The highest BCUT2D eigenvalue weighted by Crippen LogP contribution is 2.26. The summed E-state index contributed by atoms with van der Waals surface area (Å²) in [5.74, 6) is 0. The normalized spacial score (nSPS) is 11.5. The zero-order valence-corrected chi connectivity index (χ0v) is 18.9. The fourth-order valence-corrected chi connectivity index (χ4v) is 4.10. The molecular formula is C25H26N4O2S. The molecule has 164 valence electrons. The smallest absolute Gasteiger partial charge is 0.238 e. The summed E-state index contributed by atoms with van der Waals surface area (Å²) in [7, 11) is -3.71. The Kier molecular flexibility index (Phi) is 6.12. The Balaban J connectivity index is 1.67. The first-order valence-corrected chi connectivity index (χ1v) is 12.0. The number of aromatic nitrogens is 2. The molecule has 0 aliphatic carbocycles. The fourth-order valence-electron chi connectivity index (χ4n) is 3.58. The van der Waals surface area contributed by atoms with Crippen LogP contribution in [0.3, 0.4) is 0 Å². The third-order valence-electron chi connectivity index (χ3n) is 5.45. The number of nitrogens with zero attached hydrogens (tertiary/aromatic N) is 2. The molecular weight excluding hydrogens is 420 g/mol. The minimum atomic E-state index is -3.71. The summed E-state index contributed by atoms with van der Waals surface area (Å²) in [5, 5.41) is 13.5. The van der Waals surface area contributed by atoms with E-state index in [2.05, 4.69) is 55.6 Å². The standard InChI is InChI=1S/C25H26N4O2S/c1-3-19-8-10-20(11-9-19)25-21(17-29(28-25)24-7-5-4-6-18(24)2)16-27-22-12-14-23(15-13-22)32(26,30)31/h4-15,17,27H,3,16H2,1-2H3,(H2,26,30,31). The minimum absolute atomic E-state index is 0.0899. The van der Waals surface area contributed by atoms with Gasteiger partial charge in [-0.1, -0.05) is 49.4 Å². The van der Waals surface area contributed by atoms with E-state index in [4.69, 9.17) is 10.2 Å². The van der Waals surface area contributed by atoms with Gasteiger partial charge in [0.15, 0.2) is 0 Å². The van der Waals surface area contributed by atoms with E-state index >= 15 is 0 Å². The van der Waals surface area contributed by atoms with Crippen LogP contribution in [0.15, 0.2) is 83.9 Å². The second-order valence-electron chi connectivity index (χ2n) is 7.71. The van der Waals surface area contributed by atoms with E-state index in [1.807, 2.05) is 23.0 Å². The van der Waals surface area contributed by atoms with Crippen LogP contribution < -0.4 is 10.5 Å². The maximum Gasteiger partial charge on any atom is 0.238 e. The maximum atomic E-state index is 11.5. The molecule has 0 saturated carbocycles. The Morgan fingerprint density at radius 2 is 1.66 bits per heavy atom. The van der Waals surface area contributed by atoms with Crippen LogP contribution in [-0.4, -0.2) is 18.2 Å². The lowest BCUT2D eigenvalue weighted by molar-refractivity contribution is 0.598. The molecule has 0 spiro atoms. The summed E-state index contributed by atoms with van der Waals surface area (Å²) >= 11 is 0. The number of hydrogen-bond donors (Lipinski definition) is 2. The number of primary sulfonamides is 1. The minimum Gasteiger partial charge on any atom is -0.381 e. The molecule has 0 atom stereocenters. The molecule has 1 heterocycles. The highest BCUT2D eigenvalue weighted by Gasteiger charge is 2.14. The van der Waals surface area contributed by atoms with E-state index in [0.29, 0.717) is 6.54 Å². The Morgan fingerprint density at radius 3 is 2.28 bits per heavy atom. The monoisotopic (exact) mass is 446 g/mol. The van der Waals surface area contributed by atoms with Gasteiger partial charge in [0.1, 0.15) is 0 Å². The molecule has 0 fully saturated rings. The van der Waals surface area contributed by atoms with Crippen molar-refractivity contribution in [2.24, 2.45) is 5.14 Å². The zero-order chi connectivity index (χ0) is 22.7. The fraction of sp³-hybridized carbons (Fsp3) is 0.160. The van der Waals surface area contributed by atoms with E-state index in [-0.39, 0.29) is 4.90 Å². The van der Waals surface area contributed by atoms with Crippen LogP contribution in [0.4, 0.5) is 5.69 Å². The van der Waals surface area contributed by atoms with Gasteiger partial charge >= 0.3 is 0 Å². The van der Waals surface area contributed by atoms with Gasteiger partial charge in [-0.3, -0.25) is 0 Å². The first kappa shape index (κ1) is 21.8. The summed E-state index contributed by atoms with van der Waals surface area (Å²) in [6.07, 6.45) is 3.03. The van der Waals surface area contributed by atoms with Crippen molar-refractivity contribution in [2.45, 2.75) is 31.7 Å². The first-order valence-electron chi connectivity index (χ1n) is 10.5. The Hall–Kier alpha value is -3.42. The molecule has 1 aromatic heterocycles. The van der Waals surface area contributed by atoms with E-state index in [9.17, 15) is 8.42 Å². The largest absolute Gasteiger partial charge is 0.381 e. The molecule has 0 amide bonds. The number of anilines is 1. The molecule has 4 aromatic rings. The number of aryl methyl sites for hydroxylation is 2. The van der Waals surface area contributed by atoms with Gasteiger partial charge in [0.05, 0.1) is 16.3 Å². The Morgan fingerprint density at radius 1 is 0.969 bits per heavy atom. The maximum absolute atomic E-state index is 11.5. The molecule has 0 unspecified atom stereocenters. The molecule has 0 aliphatic heterocycles. The summed E-state index contributed by atoms with van der Waals surface area (Å²) in [4.78, 5) is 0.0899. The van der Waals surface area contributed by atoms with Gasteiger partial charge < -0.3 is 5.32 Å². The average molecular weight is 447 g/mol. The number of benzene rings is 3. The van der Waals surface area contributed by atoms with Crippen LogP contribution in [0, 0.1) is 6.92 Å². The summed E-state index contributed by atoms with van der Waals surface area (Å²) in [6.45, 7) is 4.74. The van der Waals surface area contributed by atoms with Gasteiger partial charge in [0.25, 0.3) is 0 Å². The molecule has 6 nitrogen and oxygen atoms in total. The molecule has 0 saturated heterocycles. The van der Waals surface area contributed by atoms with Gasteiger partial charge in [-0.25, -0.2) is 18.2 Å². The van der Waals surface area contributed by atoms with Gasteiger partial charge in [0.2, 0.25) is 10.0 Å². The summed E-state index contributed by atoms with van der Waals surface area (Å²) in [5.41, 5.74) is 7.24. The van der Waals surface area contributed by atoms with E-state index in [1.165, 1.54) is 17.7 Å². The number of para-hydroxylation sites is 1. The third kappa shape index (κ3) is 4.74. The van der Waals surface area contributed by atoms with Gasteiger partial charge in [-0.15, -0.1) is 0 Å². The third-order valence-corrected chi connectivity index (χ3v) is 6.38. The van der Waals surface area contributed by atoms with Crippen LogP contribution in [0.2, 0.25) is 0 Å². The van der Waals surface area contributed by atoms with Crippen LogP contribution in [0.25, 0.3) is 16.9 Å². The Labute approximate surface area is 188 Å². The van der Waals surface area contributed by atoms with Gasteiger partial charge in [-0.2, -0.15) is 5.10 Å². The summed E-state index contributed by atoms with van der Waals surface area (Å²) in [6, 6.07) is 23.0. The lowest BCUT2D eigenvalue weighted by Gasteiger charge is -2.08. The van der Waals surface area contributed by atoms with Crippen molar-refractivity contribution in [3.63, 3.8) is 0 Å². The molecule has 3 aromatic carbocycles. The van der Waals surface area contributed by atoms with Crippen LogP contribution in [-0.2, 0) is 23.0 Å². The van der Waals surface area contributed by atoms with Crippen LogP contribution >= 0.6 is 0 Å². The molecule has 4 rings (SSSR count). The van der Waals surface area contributed by atoms with Crippen molar-refractivity contribution in [2.75, 3.05) is 5.32 Å². The molecule has 0 radical (unpaired) electrons. The van der Waals surface area contributed by atoms with Crippen molar-refractivity contribution in [3.05, 3.63) is 95.7 Å². The van der Waals surface area contributed by atoms with Crippen molar-refractivity contribution in [1.29, 1.82) is 0 Å². The Bertz CT molecular complexity index is 1330. The van der Waals surface area contributed by atoms with Crippen molar-refractivity contribution in [3.8, 4) is 16.9 Å². The molecule has 7 heteroatoms. The van der Waals surface area contributed by atoms with Crippen molar-refractivity contribution in [1.82, 2.24) is 9.78 Å². The van der Waals surface area contributed by atoms with Crippen molar-refractivity contribution < 1.29 is 8.42 Å². The van der Waals surface area contributed by atoms with Crippen molar-refractivity contribution >= 4 is 15.7 Å². The summed E-state index contributed by atoms with van der Waals surface area (Å²) < 4.78 is 24.9. The number of nitrogens with one attached hydrogen (secondary N) is 1. The molecule has 32 heavy (non-hydrogen) atoms. The lowest BCUT2D eigenvalue weighted by atomic mass is 10.0. The average Bonchev–Trinajstić information content (AvgIpc) is 3.21. The quantitative estimate of drug-likeness (QED) is 0.432. The van der Waals surface area contributed by atoms with Gasteiger partial charge in [0, 0.05) is 29.6 Å². The topological polar surface area (TPSA) is 90.0 Å². The predicted octanol–water partition coefficient (Wildman–Crippen LogP) is 4.67. The van der Waals surface area contributed by atoms with E-state index in [0.717, 1.165) is 40.2 Å². The second-order valence-corrected chi connectivity index (χ2v) is 9.27. The highest BCUT2D eigenvalue weighted by molar-refractivity contribution is 7.89. The van der Waals surface area contributed by atoms with E-state index < -0.39 is 10.0 Å². The van der Waals surface area contributed by atoms with E-state index in [1.54, 1.807) is 12.1 Å². The molecule has 3 N–H and O–H groups in total. The second kappa shape index (κ2) is 8.98. The first-order chi connectivity index (χ1) is 15.3. The number of rotatable bonds is 7. The molecule has 0 aliphatic rings. The predicted molar refractivity (Wildman–Crippen MR) is 128 cm³/mol. The van der Waals surface area contributed by atoms with Crippen LogP contribution in [0.1, 0.15) is 23.6 Å². The molecule has 0 bridgehead atoms. The zero-order valence-electron chi connectivity index (χ0n) is 18.1. The van der Waals surface area contributed by atoms with Crippen LogP contribution in [0.5, 0.6) is 0 Å². The number of sulfonamides is 1. The lowest BCUT2D eigenvalue weighted by Crippen LogP contribution is -2.12. The number of hydrogen-bond acceptors (Lipinski definition) is 4. The number of nitrogens with two attached hydrogens (primary N) is 1. The SMILES string of the molecule is CCc1ccc(-c2nn(-c3ccccc3C)cc2CNc2ccc(S(N)(=O)=O)cc2)cc1.